The Balaban J connectivity index is 1.48. The van der Waals surface area contributed by atoms with Crippen molar-refractivity contribution >= 4 is 29.8 Å². The molecule has 21 heteroatoms. The lowest BCUT2D eigenvalue weighted by Gasteiger charge is -2.43. The van der Waals surface area contributed by atoms with E-state index >= 15 is 0 Å². The van der Waals surface area contributed by atoms with E-state index in [1.54, 1.807) is 0 Å². The monoisotopic (exact) mass is 860 g/mol. The summed E-state index contributed by atoms with van der Waals surface area (Å²) < 4.78 is 34.0. The Hall–Kier alpha value is -8.59. The van der Waals surface area contributed by atoms with Gasteiger partial charge in [-0.3, -0.25) is 0 Å². The highest BCUT2D eigenvalue weighted by molar-refractivity contribution is 5.93. The van der Waals surface area contributed by atoms with Crippen molar-refractivity contribution in [1.29, 1.82) is 0 Å². The normalized spacial score (nSPS) is 18.2. The number of phenols is 10. The molecule has 1 fully saturated rings. The number of benzene rings is 5. The second-order valence-corrected chi connectivity index (χ2v) is 13.2. The van der Waals surface area contributed by atoms with E-state index in [2.05, 4.69) is 0 Å². The van der Waals surface area contributed by atoms with Crippen LogP contribution in [-0.4, -0.2) is 118 Å². The van der Waals surface area contributed by atoms with E-state index in [0.717, 1.165) is 91.0 Å². The van der Waals surface area contributed by atoms with Gasteiger partial charge in [-0.25, -0.2) is 24.0 Å². The molecule has 0 amide bonds. The molecular weight excluding hydrogens is 828 g/mol. The van der Waals surface area contributed by atoms with Gasteiger partial charge in [0.25, 0.3) is 0 Å². The van der Waals surface area contributed by atoms with Gasteiger partial charge in [-0.15, -0.1) is 0 Å². The molecule has 0 aromatic heterocycles. The Labute approximate surface area is 346 Å². The Kier molecular flexibility index (Phi) is 12.3. The Morgan fingerprint density at radius 2 is 0.661 bits per heavy atom. The molecule has 0 radical (unpaired) electrons. The van der Waals surface area contributed by atoms with E-state index in [-0.39, 0.29) is 5.56 Å². The van der Waals surface area contributed by atoms with E-state index in [1.807, 2.05) is 0 Å². The highest BCUT2D eigenvalue weighted by Gasteiger charge is 2.55. The van der Waals surface area contributed by atoms with Crippen molar-refractivity contribution in [2.75, 3.05) is 6.61 Å². The Bertz CT molecular complexity index is 2570. The zero-order valence-electron chi connectivity index (χ0n) is 31.2. The molecule has 6 rings (SSSR count). The van der Waals surface area contributed by atoms with Crippen molar-refractivity contribution in [3.63, 3.8) is 0 Å². The number of aromatic hydroxyl groups is 10. The number of phenolic OH excluding ortho intramolecular Hbond substituents is 10. The lowest BCUT2D eigenvalue weighted by Crippen LogP contribution is -2.63. The molecule has 0 unspecified atom stereocenters. The van der Waals surface area contributed by atoms with Crippen molar-refractivity contribution in [3.05, 3.63) is 119 Å². The Morgan fingerprint density at radius 3 is 1.00 bits per heavy atom. The summed E-state index contributed by atoms with van der Waals surface area (Å²) >= 11 is 0. The van der Waals surface area contributed by atoms with Crippen molar-refractivity contribution in [3.8, 4) is 57.5 Å². The molecule has 1 saturated heterocycles. The molecule has 1 aliphatic heterocycles. The largest absolute Gasteiger partial charge is 0.504 e. The molecular formula is C41H32O21. The van der Waals surface area contributed by atoms with Gasteiger partial charge in [0.2, 0.25) is 12.4 Å². The highest BCUT2D eigenvalue weighted by atomic mass is 16.7. The van der Waals surface area contributed by atoms with Gasteiger partial charge in [0.05, 0.1) is 27.8 Å². The predicted octanol–water partition coefficient (Wildman–Crippen LogP) is 3.16. The first kappa shape index (κ1) is 43.0. The third-order valence-electron chi connectivity index (χ3n) is 8.98. The summed E-state index contributed by atoms with van der Waals surface area (Å²) in [6.07, 6.45) is -10.7. The summed E-state index contributed by atoms with van der Waals surface area (Å²) in [5.74, 6) is -13.7. The van der Waals surface area contributed by atoms with E-state index in [0.29, 0.717) is 0 Å². The van der Waals surface area contributed by atoms with Gasteiger partial charge in [0.15, 0.2) is 69.7 Å². The average Bonchev–Trinajstić information content (AvgIpc) is 3.23. The van der Waals surface area contributed by atoms with E-state index < -0.39 is 147 Å². The summed E-state index contributed by atoms with van der Waals surface area (Å²) in [7, 11) is 0. The number of hydrogen-bond donors (Lipinski definition) is 10. The molecule has 1 aliphatic rings. The first-order valence-electron chi connectivity index (χ1n) is 17.7. The Morgan fingerprint density at radius 1 is 0.371 bits per heavy atom. The fourth-order valence-electron chi connectivity index (χ4n) is 5.75. The van der Waals surface area contributed by atoms with Crippen LogP contribution in [0, 0.1) is 0 Å². The van der Waals surface area contributed by atoms with Gasteiger partial charge in [-0.05, 0) is 91.0 Å². The van der Waals surface area contributed by atoms with Crippen LogP contribution >= 0.6 is 0 Å². The number of rotatable bonds is 11. The third kappa shape index (κ3) is 9.48. The summed E-state index contributed by atoms with van der Waals surface area (Å²) in [6, 6.07) is 13.5. The van der Waals surface area contributed by atoms with Crippen molar-refractivity contribution in [2.24, 2.45) is 0 Å². The minimum atomic E-state index is -2.27. The molecule has 62 heavy (non-hydrogen) atoms. The molecule has 0 saturated carbocycles. The van der Waals surface area contributed by atoms with Crippen LogP contribution in [-0.2, 0) is 28.4 Å². The summed E-state index contributed by atoms with van der Waals surface area (Å²) in [6.45, 7) is -1.01. The van der Waals surface area contributed by atoms with Crippen LogP contribution in [0.3, 0.4) is 0 Å². The lowest BCUT2D eigenvalue weighted by atomic mass is 9.97. The number of carbonyl (C=O) groups excluding carboxylic acids is 5. The molecule has 21 nitrogen and oxygen atoms in total. The first-order chi connectivity index (χ1) is 29.4. The van der Waals surface area contributed by atoms with Crippen LogP contribution in [0.25, 0.3) is 0 Å². The predicted molar refractivity (Wildman–Crippen MR) is 201 cm³/mol. The van der Waals surface area contributed by atoms with Crippen molar-refractivity contribution < 1.29 is 103 Å². The molecule has 5 aromatic rings. The van der Waals surface area contributed by atoms with E-state index in [4.69, 9.17) is 28.4 Å². The van der Waals surface area contributed by atoms with Crippen LogP contribution in [0.15, 0.2) is 91.0 Å². The highest BCUT2D eigenvalue weighted by Crippen LogP contribution is 2.36. The van der Waals surface area contributed by atoms with E-state index in [1.165, 1.54) is 0 Å². The zero-order chi connectivity index (χ0) is 45.0. The molecule has 10 N–H and O–H groups in total. The number of esters is 5. The summed E-state index contributed by atoms with van der Waals surface area (Å²) in [5.41, 5.74) is -2.17. The minimum Gasteiger partial charge on any atom is -0.504 e. The maximum Gasteiger partial charge on any atom is 0.340 e. The van der Waals surface area contributed by atoms with Gasteiger partial charge in [0, 0.05) is 0 Å². The van der Waals surface area contributed by atoms with Gasteiger partial charge in [0.1, 0.15) is 12.7 Å². The fourth-order valence-corrected chi connectivity index (χ4v) is 5.75. The smallest absolute Gasteiger partial charge is 0.340 e. The van der Waals surface area contributed by atoms with Gasteiger partial charge in [-0.1, -0.05) is 0 Å². The maximum absolute atomic E-state index is 13.8. The average molecular weight is 861 g/mol. The van der Waals surface area contributed by atoms with Gasteiger partial charge < -0.3 is 79.5 Å². The molecule has 0 bridgehead atoms. The minimum absolute atomic E-state index is 0.335. The SMILES string of the molecule is O=C(OC[C@H]1O[C@H](OC(=O)c2ccc(O)c(O)c2)[C@H](OC(=O)c2ccc(O)c(O)c2)[C@@H](OC(=O)c2ccc(O)c(O)c2)[C@@H]1OC(=O)c1ccc(O)c(O)c1)c1ccc(O)c(O)c1. The van der Waals surface area contributed by atoms with Crippen LogP contribution in [0.2, 0.25) is 0 Å². The number of hydrogen-bond acceptors (Lipinski definition) is 21. The lowest BCUT2D eigenvalue weighted by molar-refractivity contribution is -0.282. The van der Waals surface area contributed by atoms with Crippen LogP contribution in [0.1, 0.15) is 51.8 Å². The number of carbonyl (C=O) groups is 5. The molecule has 0 spiro atoms. The molecule has 0 aliphatic carbocycles. The second kappa shape index (κ2) is 17.7. The van der Waals surface area contributed by atoms with Gasteiger partial charge in [-0.2, -0.15) is 0 Å². The molecule has 5 aromatic carbocycles. The van der Waals surface area contributed by atoms with Crippen LogP contribution < -0.4 is 0 Å². The van der Waals surface area contributed by atoms with Crippen molar-refractivity contribution in [1.82, 2.24) is 0 Å². The molecule has 322 valence electrons. The van der Waals surface area contributed by atoms with Gasteiger partial charge >= 0.3 is 29.8 Å². The summed E-state index contributed by atoms with van der Waals surface area (Å²) in [5, 5.41) is 99.5. The van der Waals surface area contributed by atoms with Crippen LogP contribution in [0.5, 0.6) is 57.5 Å². The van der Waals surface area contributed by atoms with E-state index in [9.17, 15) is 75.0 Å². The molecule has 1 heterocycles. The fraction of sp³-hybridized carbons (Fsp3) is 0.146. The second-order valence-electron chi connectivity index (χ2n) is 13.2. The summed E-state index contributed by atoms with van der Waals surface area (Å²) in [4.78, 5) is 68.1. The quantitative estimate of drug-likeness (QED) is 0.0518. The topological polar surface area (TPSA) is 343 Å². The first-order valence-corrected chi connectivity index (χ1v) is 17.7. The van der Waals surface area contributed by atoms with Crippen LogP contribution in [0.4, 0.5) is 0 Å². The molecule has 5 atom stereocenters. The number of ether oxygens (including phenoxy) is 6. The van der Waals surface area contributed by atoms with Crippen molar-refractivity contribution in [2.45, 2.75) is 30.7 Å². The third-order valence-corrected chi connectivity index (χ3v) is 8.98. The zero-order valence-corrected chi connectivity index (χ0v) is 31.2. The standard InChI is InChI=1S/C41H32O21/c42-22-6-1-17(11-27(22)47)36(52)57-16-32-33(59-37(53)18-2-7-23(43)28(48)12-18)34(60-38(54)19-3-8-24(44)29(49)13-19)35(61-39(55)20-4-9-25(45)30(50)14-20)41(58-32)62-40(56)21-5-10-26(46)31(51)15-21/h1-15,32-35,41-51H,16H2/t32-,33-,34+,35-,41-/m1/s1. The maximum atomic E-state index is 13.8.